The number of hydrogen-bond acceptors (Lipinski definition) is 5. The second-order valence-corrected chi connectivity index (χ2v) is 9.91. The van der Waals surface area contributed by atoms with E-state index in [0.717, 1.165) is 22.3 Å². The van der Waals surface area contributed by atoms with Gasteiger partial charge in [0.15, 0.2) is 0 Å². The van der Waals surface area contributed by atoms with Crippen LogP contribution in [0.25, 0.3) is 0 Å². The molecular formula is C34H35BO5. The lowest BCUT2D eigenvalue weighted by molar-refractivity contribution is -0.136. The third-order valence-corrected chi connectivity index (χ3v) is 7.96. The Morgan fingerprint density at radius 2 is 0.975 bits per heavy atom. The van der Waals surface area contributed by atoms with Crippen LogP contribution in [0, 0.1) is 0 Å². The van der Waals surface area contributed by atoms with Crippen LogP contribution in [0.3, 0.4) is 0 Å². The maximum atomic E-state index is 10.3. The quantitative estimate of drug-likeness (QED) is 0.189. The van der Waals surface area contributed by atoms with Crippen LogP contribution in [-0.4, -0.2) is 45.3 Å². The van der Waals surface area contributed by atoms with E-state index < -0.39 is 36.3 Å². The van der Waals surface area contributed by atoms with Gasteiger partial charge < -0.3 is 23.9 Å². The first-order valence-electron chi connectivity index (χ1n) is 13.5. The Labute approximate surface area is 237 Å². The number of aliphatic hydroxyl groups is 1. The number of aliphatic hydroxyl groups excluding tert-OH is 1. The summed E-state index contributed by atoms with van der Waals surface area (Å²) in [6.45, 7) is 3.76. The van der Waals surface area contributed by atoms with Crippen molar-refractivity contribution in [2.45, 2.75) is 29.2 Å². The molecule has 6 heteroatoms. The fourth-order valence-corrected chi connectivity index (χ4v) is 5.99. The Balaban J connectivity index is 1.82. The molecule has 204 valence electrons. The molecule has 5 rings (SSSR count). The van der Waals surface area contributed by atoms with Gasteiger partial charge in [0, 0.05) is 26.6 Å². The first-order chi connectivity index (χ1) is 19.6. The fourth-order valence-electron chi connectivity index (χ4n) is 5.99. The second kappa shape index (κ2) is 12.3. The summed E-state index contributed by atoms with van der Waals surface area (Å²) in [5.74, 6) is -0.463. The molecular weight excluding hydrogens is 499 g/mol. The summed E-state index contributed by atoms with van der Waals surface area (Å²) in [6.07, 6.45) is 0.256. The normalized spacial score (nSPS) is 18.4. The highest BCUT2D eigenvalue weighted by molar-refractivity contribution is 6.48. The van der Waals surface area contributed by atoms with Crippen LogP contribution in [0.2, 0.25) is 5.82 Å². The van der Waals surface area contributed by atoms with Crippen molar-refractivity contribution >= 4 is 7.12 Å². The van der Waals surface area contributed by atoms with Gasteiger partial charge in [-0.15, -0.1) is 6.58 Å². The molecule has 5 nitrogen and oxygen atoms in total. The van der Waals surface area contributed by atoms with Crippen LogP contribution in [-0.2, 0) is 30.0 Å². The number of methoxy groups -OCH3 is 2. The minimum Gasteiger partial charge on any atom is -0.401 e. The topological polar surface area (TPSA) is 57.2 Å². The molecule has 0 bridgehead atoms. The molecule has 0 aliphatic carbocycles. The maximum absolute atomic E-state index is 10.3. The van der Waals surface area contributed by atoms with Gasteiger partial charge in [0.2, 0.25) is 0 Å². The van der Waals surface area contributed by atoms with Gasteiger partial charge in [-0.3, -0.25) is 0 Å². The summed E-state index contributed by atoms with van der Waals surface area (Å²) in [5, 5.41) is 10.3. The molecule has 1 heterocycles. The Kier molecular flexibility index (Phi) is 8.65. The van der Waals surface area contributed by atoms with E-state index >= 15 is 0 Å². The minimum atomic E-state index is -1.09. The summed E-state index contributed by atoms with van der Waals surface area (Å²) >= 11 is 0. The van der Waals surface area contributed by atoms with Gasteiger partial charge >= 0.3 is 7.12 Å². The van der Waals surface area contributed by atoms with Crippen molar-refractivity contribution in [2.75, 3.05) is 20.8 Å². The average molecular weight is 534 g/mol. The van der Waals surface area contributed by atoms with Crippen molar-refractivity contribution < 1.29 is 23.9 Å². The van der Waals surface area contributed by atoms with Crippen molar-refractivity contribution in [1.29, 1.82) is 0 Å². The number of benzene rings is 4. The molecule has 1 N–H and O–H groups in total. The Morgan fingerprint density at radius 1 is 0.675 bits per heavy atom. The third-order valence-electron chi connectivity index (χ3n) is 7.96. The number of hydrogen-bond donors (Lipinski definition) is 1. The number of rotatable bonds is 11. The van der Waals surface area contributed by atoms with Crippen LogP contribution in [0.4, 0.5) is 0 Å². The lowest BCUT2D eigenvalue weighted by Gasteiger charge is -2.47. The van der Waals surface area contributed by atoms with Crippen LogP contribution >= 0.6 is 0 Å². The monoisotopic (exact) mass is 534 g/mol. The third kappa shape index (κ3) is 4.72. The van der Waals surface area contributed by atoms with Gasteiger partial charge in [-0.25, -0.2) is 0 Å². The Hall–Kier alpha value is -3.52. The van der Waals surface area contributed by atoms with Gasteiger partial charge in [-0.05, 0) is 22.3 Å². The highest BCUT2D eigenvalue weighted by Gasteiger charge is 2.62. The Bertz CT molecular complexity index is 1170. The molecule has 4 aromatic rings. The smallest absolute Gasteiger partial charge is 0.401 e. The van der Waals surface area contributed by atoms with E-state index in [0.29, 0.717) is 0 Å². The molecule has 1 aliphatic heterocycles. The van der Waals surface area contributed by atoms with E-state index in [-0.39, 0.29) is 6.61 Å². The van der Waals surface area contributed by atoms with Gasteiger partial charge in [0.25, 0.3) is 0 Å². The minimum absolute atomic E-state index is 0.180. The van der Waals surface area contributed by atoms with E-state index in [4.69, 9.17) is 18.8 Å². The van der Waals surface area contributed by atoms with Crippen molar-refractivity contribution in [3.05, 3.63) is 156 Å². The molecule has 1 saturated heterocycles. The van der Waals surface area contributed by atoms with Gasteiger partial charge in [0.1, 0.15) is 23.4 Å². The summed E-state index contributed by atoms with van der Waals surface area (Å²) in [5.41, 5.74) is 1.47. The molecule has 1 aliphatic rings. The van der Waals surface area contributed by atoms with E-state index in [1.807, 2.05) is 121 Å². The van der Waals surface area contributed by atoms with Gasteiger partial charge in [0.05, 0.1) is 0 Å². The highest BCUT2D eigenvalue weighted by atomic mass is 16.7. The predicted molar refractivity (Wildman–Crippen MR) is 158 cm³/mol. The lowest BCUT2D eigenvalue weighted by Crippen LogP contribution is -2.56. The van der Waals surface area contributed by atoms with Crippen LogP contribution in [0.5, 0.6) is 0 Å². The zero-order chi connectivity index (χ0) is 28.0. The molecule has 0 radical (unpaired) electrons. The van der Waals surface area contributed by atoms with E-state index in [1.165, 1.54) is 0 Å². The molecule has 0 aromatic heterocycles. The lowest BCUT2D eigenvalue weighted by atomic mass is 9.71. The van der Waals surface area contributed by atoms with Crippen molar-refractivity contribution in [3.8, 4) is 0 Å². The molecule has 0 amide bonds. The Morgan fingerprint density at radius 3 is 1.20 bits per heavy atom. The average Bonchev–Trinajstić information content (AvgIpc) is 3.47. The van der Waals surface area contributed by atoms with Crippen molar-refractivity contribution in [2.24, 2.45) is 0 Å². The van der Waals surface area contributed by atoms with Crippen molar-refractivity contribution in [1.82, 2.24) is 0 Å². The van der Waals surface area contributed by atoms with Gasteiger partial charge in [-0.2, -0.15) is 0 Å². The standard InChI is InChI=1S/C34H35BO5/c1-4-30(25-36)35-39-31(33(37-2,26-17-9-5-10-18-26)27-19-11-6-12-20-27)32(40-35)34(38-3,28-21-13-7-14-22-28)29-23-15-8-16-24-29/h4-24,30-32,36H,1,25H2,2-3H3/t30-,31+,32+/m1/s1. The van der Waals surface area contributed by atoms with Crippen LogP contribution in [0.15, 0.2) is 134 Å². The number of ether oxygens (including phenoxy) is 2. The molecule has 0 spiro atoms. The molecule has 0 unspecified atom stereocenters. The van der Waals surface area contributed by atoms with Gasteiger partial charge in [-0.1, -0.05) is 127 Å². The van der Waals surface area contributed by atoms with E-state index in [9.17, 15) is 5.11 Å². The second-order valence-electron chi connectivity index (χ2n) is 9.91. The summed E-state index contributed by atoms with van der Waals surface area (Å²) in [6, 6.07) is 40.2. The zero-order valence-corrected chi connectivity index (χ0v) is 22.9. The fraction of sp³-hybridized carbons (Fsp3) is 0.235. The van der Waals surface area contributed by atoms with Crippen LogP contribution in [0.1, 0.15) is 22.3 Å². The zero-order valence-electron chi connectivity index (χ0n) is 22.9. The van der Waals surface area contributed by atoms with E-state index in [1.54, 1.807) is 20.3 Å². The molecule has 3 atom stereocenters. The SMILES string of the molecule is C=C[C@H](CO)B1O[C@H](C(OC)(c2ccccc2)c2ccccc2)[C@@H](C(OC)(c2ccccc2)c2ccccc2)O1. The summed E-state index contributed by atoms with van der Waals surface area (Å²) in [4.78, 5) is 0. The summed E-state index contributed by atoms with van der Waals surface area (Å²) in [7, 11) is 2.61. The van der Waals surface area contributed by atoms with Crippen molar-refractivity contribution in [3.63, 3.8) is 0 Å². The first kappa shape index (κ1) is 28.0. The molecule has 40 heavy (non-hydrogen) atoms. The molecule has 1 fully saturated rings. The maximum Gasteiger partial charge on any atom is 0.467 e. The van der Waals surface area contributed by atoms with E-state index in [2.05, 4.69) is 6.58 Å². The summed E-state index contributed by atoms with van der Waals surface area (Å²) < 4.78 is 26.9. The predicted octanol–water partition coefficient (Wildman–Crippen LogP) is 5.99. The largest absolute Gasteiger partial charge is 0.467 e. The van der Waals surface area contributed by atoms with Crippen LogP contribution < -0.4 is 0 Å². The first-order valence-corrected chi connectivity index (χ1v) is 13.5. The highest BCUT2D eigenvalue weighted by Crippen LogP contribution is 2.51. The molecule has 0 saturated carbocycles. The molecule has 4 aromatic carbocycles.